The Morgan fingerprint density at radius 3 is 1.51 bits per heavy atom. The molecule has 524 valence electrons. The van der Waals surface area contributed by atoms with E-state index in [1.54, 1.807) is 60.7 Å². The average molecular weight is 1350 g/mol. The first-order valence-corrected chi connectivity index (χ1v) is 33.6. The van der Waals surface area contributed by atoms with Gasteiger partial charge in [0.2, 0.25) is 76.8 Å². The number of benzene rings is 2. The van der Waals surface area contributed by atoms with Gasteiger partial charge in [-0.1, -0.05) is 74.5 Å². The van der Waals surface area contributed by atoms with Crippen LogP contribution in [0.1, 0.15) is 121 Å². The fraction of sp³-hybridized carbons (Fsp3) is 0.587. The van der Waals surface area contributed by atoms with Gasteiger partial charge in [0, 0.05) is 45.3 Å². The Morgan fingerprint density at radius 1 is 0.537 bits per heavy atom. The molecule has 2 aliphatic heterocycles. The summed E-state index contributed by atoms with van der Waals surface area (Å²) in [6, 6.07) is 4.51. The molecule has 0 aromatic heterocycles. The highest BCUT2D eigenvalue weighted by Gasteiger charge is 2.42. The highest BCUT2D eigenvalue weighted by Crippen LogP contribution is 2.24. The van der Waals surface area contributed by atoms with Crippen molar-refractivity contribution < 1.29 is 62.3 Å². The molecule has 22 N–H and O–H groups in total. The summed E-state index contributed by atoms with van der Waals surface area (Å²) in [7, 11) is 0. The number of carbonyl (C=O) groups excluding carboxylic acids is 13. The lowest BCUT2D eigenvalue weighted by Crippen LogP contribution is -2.60. The van der Waals surface area contributed by atoms with Crippen molar-refractivity contribution in [1.29, 1.82) is 0 Å². The van der Waals surface area contributed by atoms with E-state index >= 15 is 0 Å². The molecule has 2 saturated heterocycles. The van der Waals surface area contributed by atoms with Crippen LogP contribution in [-0.4, -0.2) is 198 Å². The van der Waals surface area contributed by atoms with E-state index in [2.05, 4.69) is 47.5 Å². The predicted octanol–water partition coefficient (Wildman–Crippen LogP) is -3.71. The number of guanidine groups is 1. The zero-order valence-electron chi connectivity index (χ0n) is 54.5. The number of nitrogens with zero attached hydrogens (tertiary/aromatic N) is 3. The van der Waals surface area contributed by atoms with E-state index in [4.69, 9.17) is 40.1 Å². The second kappa shape index (κ2) is 41.0. The van der Waals surface area contributed by atoms with Crippen molar-refractivity contribution in [3.63, 3.8) is 0 Å². The lowest BCUT2D eigenvalue weighted by Gasteiger charge is -2.32. The number of aliphatic imine (C=N–C) groups is 1. The maximum absolute atomic E-state index is 14.7. The van der Waals surface area contributed by atoms with Crippen LogP contribution >= 0.6 is 11.8 Å². The van der Waals surface area contributed by atoms with Crippen molar-refractivity contribution in [1.82, 2.24) is 52.3 Å². The maximum atomic E-state index is 14.7. The van der Waals surface area contributed by atoms with Crippen molar-refractivity contribution >= 4 is 94.5 Å². The number of nitrogens with two attached hydrogens (primary N) is 7. The van der Waals surface area contributed by atoms with Crippen molar-refractivity contribution in [3.8, 4) is 0 Å². The molecule has 32 heteroatoms. The summed E-state index contributed by atoms with van der Waals surface area (Å²) in [5.74, 6) is -9.80. The van der Waals surface area contributed by atoms with Crippen LogP contribution in [0, 0.1) is 5.92 Å². The molecule has 95 heavy (non-hydrogen) atoms. The highest BCUT2D eigenvalue weighted by molar-refractivity contribution is 7.98. The Morgan fingerprint density at radius 2 is 1.01 bits per heavy atom. The van der Waals surface area contributed by atoms with Gasteiger partial charge in [0.15, 0.2) is 5.96 Å². The number of amides is 13. The molecule has 31 nitrogen and oxygen atoms in total. The molecule has 2 fully saturated rings. The third-order valence-corrected chi connectivity index (χ3v) is 16.7. The monoisotopic (exact) mass is 1350 g/mol. The van der Waals surface area contributed by atoms with Crippen LogP contribution < -0.4 is 82.7 Å². The molecule has 2 heterocycles. The van der Waals surface area contributed by atoms with Crippen LogP contribution in [0.15, 0.2) is 65.7 Å². The van der Waals surface area contributed by atoms with Crippen molar-refractivity contribution in [3.05, 3.63) is 71.8 Å². The Balaban J connectivity index is 1.56. The van der Waals surface area contributed by atoms with Gasteiger partial charge in [-0.05, 0) is 119 Å². The molecule has 0 spiro atoms. The minimum absolute atomic E-state index is 0.0736. The molecule has 0 bridgehead atoms. The molecule has 4 rings (SSSR count). The van der Waals surface area contributed by atoms with E-state index < -0.39 is 169 Å². The van der Waals surface area contributed by atoms with E-state index in [1.807, 2.05) is 20.1 Å². The van der Waals surface area contributed by atoms with E-state index in [0.717, 1.165) is 0 Å². The molecule has 0 aliphatic carbocycles. The van der Waals surface area contributed by atoms with Crippen LogP contribution in [0.4, 0.5) is 0 Å². The second-order valence-corrected chi connectivity index (χ2v) is 25.1. The number of primary amides is 3. The first-order chi connectivity index (χ1) is 45.2. The predicted molar refractivity (Wildman–Crippen MR) is 356 cm³/mol. The zero-order valence-corrected chi connectivity index (χ0v) is 55.3. The first-order valence-electron chi connectivity index (χ1n) is 32.2. The van der Waals surface area contributed by atoms with Gasteiger partial charge in [-0.25, -0.2) is 0 Å². The Bertz CT molecular complexity index is 2960. The highest BCUT2D eigenvalue weighted by atomic mass is 32.2. The molecule has 2 aliphatic rings. The Kier molecular flexibility index (Phi) is 33.9. The van der Waals surface area contributed by atoms with Gasteiger partial charge >= 0.3 is 0 Å². The van der Waals surface area contributed by atoms with Crippen LogP contribution in [0.25, 0.3) is 0 Å². The smallest absolute Gasteiger partial charge is 0.245 e. The number of carbonyl (C=O) groups is 13. The lowest BCUT2D eigenvalue weighted by molar-refractivity contribution is -0.144. The SMILES string of the molecule is CSCC[C@H](NC(=O)[C@H](CC(C)C)NC(=O)CNC(=O)[C@@H](Cc1ccccc1)NC(=O)[C@H](Cc1ccccc1)NC(=O)[C@@H](CCC(N)=O)NC(=O)[C@@H](CCC(N)=O)NC(=O)[C@H]1CCCN1C(=O)[C@H](CCCCN)NC(=O)[C@H]1CCCN1C(=O)[C@@H](N)CCCN=C(N)N)C(N)=O. The first kappa shape index (κ1) is 78.5. The average Bonchev–Trinajstić information content (AvgIpc) is 1.74. The summed E-state index contributed by atoms with van der Waals surface area (Å²) in [6.07, 6.45) is 3.12. The van der Waals surface area contributed by atoms with E-state index in [9.17, 15) is 62.3 Å². The molecule has 2 aromatic rings. The Hall–Kier alpha value is -8.91. The largest absolute Gasteiger partial charge is 0.370 e. The molecule has 0 saturated carbocycles. The maximum Gasteiger partial charge on any atom is 0.245 e. The van der Waals surface area contributed by atoms with Gasteiger partial charge in [0.05, 0.1) is 12.6 Å². The van der Waals surface area contributed by atoms with Gasteiger partial charge in [0.1, 0.15) is 54.4 Å². The zero-order chi connectivity index (χ0) is 70.1. The fourth-order valence-corrected chi connectivity index (χ4v) is 11.5. The topological polar surface area (TPSA) is 519 Å². The van der Waals surface area contributed by atoms with Crippen LogP contribution in [0.5, 0.6) is 0 Å². The van der Waals surface area contributed by atoms with Gasteiger partial charge in [-0.15, -0.1) is 0 Å². The molecular weight excluding hydrogens is 1250 g/mol. The number of thioether (sulfide) groups is 1. The summed E-state index contributed by atoms with van der Waals surface area (Å²) < 4.78 is 0. The summed E-state index contributed by atoms with van der Waals surface area (Å²) in [5.41, 5.74) is 40.6. The number of rotatable bonds is 42. The quantitative estimate of drug-likeness (QED) is 0.0173. The van der Waals surface area contributed by atoms with Crippen LogP contribution in [0.3, 0.4) is 0 Å². The minimum atomic E-state index is -1.64. The van der Waals surface area contributed by atoms with Crippen LogP contribution in [0.2, 0.25) is 0 Å². The third kappa shape index (κ3) is 27.5. The standard InChI is InChI=1S/C63H98N18O13S/c1-37(2)33-45(57(89)74-41(53(68)85)27-32-95-3)73-52(84)36-72-54(86)46(34-38-15-6-4-7-16-38)78-58(90)47(35-39-17-8-5-9-18-39)79-56(88)42(23-25-50(66)82)75-55(87)43(24-26-51(67)83)76-59(91)49-22-14-31-81(49)62(94)44(20-10-11-28-64)77-60(92)48-21-13-30-80(48)61(93)40(65)19-12-29-71-63(69)70/h4-9,15-18,37,40-49H,10-14,19-36,64-65H2,1-3H3,(H2,66,82)(H2,67,83)(H2,68,85)(H,72,86)(H,73,84)(H,74,89)(H,75,87)(H,76,91)(H,77,92)(H,78,90)(H,79,88)(H4,69,70,71)/t40-,41-,42+,43+,44-,45-,46+,47-,48+,49+/m0/s1. The van der Waals surface area contributed by atoms with E-state index in [1.165, 1.54) is 21.6 Å². The fourth-order valence-electron chi connectivity index (χ4n) is 11.0. The van der Waals surface area contributed by atoms with Crippen molar-refractivity contribution in [2.24, 2.45) is 51.0 Å². The molecule has 10 atom stereocenters. The van der Waals surface area contributed by atoms with Gasteiger partial charge in [-0.3, -0.25) is 67.3 Å². The summed E-state index contributed by atoms with van der Waals surface area (Å²) in [4.78, 5) is 185. The number of hydrogen-bond donors (Lipinski definition) is 15. The van der Waals surface area contributed by atoms with Crippen molar-refractivity contribution in [2.45, 2.75) is 183 Å². The van der Waals surface area contributed by atoms with Gasteiger partial charge < -0.3 is 92.5 Å². The second-order valence-electron chi connectivity index (χ2n) is 24.1. The number of hydrogen-bond acceptors (Lipinski definition) is 17. The number of nitrogens with one attached hydrogen (secondary N) is 8. The number of likely N-dealkylation sites (tertiary alicyclic amines) is 2. The lowest BCUT2D eigenvalue weighted by atomic mass is 10.0. The normalized spacial score (nSPS) is 16.8. The van der Waals surface area contributed by atoms with Gasteiger partial charge in [-0.2, -0.15) is 11.8 Å². The molecule has 13 amide bonds. The van der Waals surface area contributed by atoms with Gasteiger partial charge in [0.25, 0.3) is 0 Å². The summed E-state index contributed by atoms with van der Waals surface area (Å²) >= 11 is 1.45. The van der Waals surface area contributed by atoms with E-state index in [0.29, 0.717) is 55.4 Å². The number of unbranched alkanes of at least 4 members (excludes halogenated alkanes) is 1. The van der Waals surface area contributed by atoms with Crippen LogP contribution in [-0.2, 0) is 75.2 Å². The molecule has 0 unspecified atom stereocenters. The summed E-state index contributed by atoms with van der Waals surface area (Å²) in [5, 5.41) is 21.1. The minimum Gasteiger partial charge on any atom is -0.370 e. The molecule has 2 aromatic carbocycles. The third-order valence-electron chi connectivity index (χ3n) is 16.0. The Labute approximate surface area is 558 Å². The van der Waals surface area contributed by atoms with Crippen molar-refractivity contribution in [2.75, 3.05) is 44.7 Å². The van der Waals surface area contributed by atoms with E-state index in [-0.39, 0.29) is 83.0 Å². The summed E-state index contributed by atoms with van der Waals surface area (Å²) in [6.45, 7) is 3.86. The molecule has 0 radical (unpaired) electrons. The molecular formula is C63H98N18O13S.